The first-order valence-corrected chi connectivity index (χ1v) is 7.92. The maximum atomic E-state index is 12.3. The van der Waals surface area contributed by atoms with Gasteiger partial charge in [0.05, 0.1) is 21.3 Å². The van der Waals surface area contributed by atoms with Gasteiger partial charge in [0.2, 0.25) is 0 Å². The summed E-state index contributed by atoms with van der Waals surface area (Å²) in [5, 5.41) is 12.3. The lowest BCUT2D eigenvalue weighted by Gasteiger charge is -2.07. The van der Waals surface area contributed by atoms with Crippen molar-refractivity contribution in [1.29, 1.82) is 5.26 Å². The number of nitrogens with one attached hydrogen (secondary N) is 1. The Balaban J connectivity index is 1.78. The fourth-order valence-electron chi connectivity index (χ4n) is 2.15. The number of hydrogen-bond acceptors (Lipinski definition) is 4. The van der Waals surface area contributed by atoms with Crippen LogP contribution in [0.3, 0.4) is 0 Å². The number of halogens is 2. The van der Waals surface area contributed by atoms with Gasteiger partial charge in [-0.15, -0.1) is 0 Å². The average Bonchev–Trinajstić information content (AvgIpc) is 2.62. The minimum absolute atomic E-state index is 0.233. The van der Waals surface area contributed by atoms with Gasteiger partial charge in [-0.25, -0.2) is 0 Å². The lowest BCUT2D eigenvalue weighted by molar-refractivity contribution is 0.102. The highest BCUT2D eigenvalue weighted by Crippen LogP contribution is 2.25. The van der Waals surface area contributed by atoms with Crippen molar-refractivity contribution in [2.75, 3.05) is 5.32 Å². The summed E-state index contributed by atoms with van der Waals surface area (Å²) in [6.45, 7) is 0. The van der Waals surface area contributed by atoms with Gasteiger partial charge in [0.1, 0.15) is 11.8 Å². The number of benzene rings is 1. The predicted octanol–water partition coefficient (Wildman–Crippen LogP) is 4.57. The van der Waals surface area contributed by atoms with Crippen LogP contribution in [-0.4, -0.2) is 15.9 Å². The Labute approximate surface area is 153 Å². The van der Waals surface area contributed by atoms with E-state index in [0.717, 1.165) is 0 Å². The Kier molecular flexibility index (Phi) is 4.94. The molecule has 3 aromatic rings. The summed E-state index contributed by atoms with van der Waals surface area (Å²) in [6, 6.07) is 13.4. The van der Waals surface area contributed by atoms with Crippen molar-refractivity contribution < 1.29 is 4.79 Å². The molecule has 0 saturated heterocycles. The number of rotatable bonds is 3. The molecule has 0 radical (unpaired) electrons. The molecule has 3 rings (SSSR count). The molecular formula is C18H10Cl2N4O. The maximum absolute atomic E-state index is 12.3. The molecule has 7 heteroatoms. The number of amides is 1. The lowest BCUT2D eigenvalue weighted by atomic mass is 10.1. The monoisotopic (exact) mass is 368 g/mol. The number of aromatic nitrogens is 2. The van der Waals surface area contributed by atoms with Crippen LogP contribution in [0.15, 0.2) is 54.9 Å². The van der Waals surface area contributed by atoms with E-state index in [1.807, 2.05) is 6.07 Å². The number of pyridine rings is 2. The van der Waals surface area contributed by atoms with Crippen LogP contribution in [0.2, 0.25) is 10.0 Å². The summed E-state index contributed by atoms with van der Waals surface area (Å²) in [4.78, 5) is 20.6. The van der Waals surface area contributed by atoms with Gasteiger partial charge >= 0.3 is 0 Å². The third kappa shape index (κ3) is 3.77. The van der Waals surface area contributed by atoms with Crippen molar-refractivity contribution in [3.05, 3.63) is 76.2 Å². The van der Waals surface area contributed by atoms with Gasteiger partial charge in [-0.2, -0.15) is 5.26 Å². The SMILES string of the molecule is N#Cc1ccc(NC(=O)c2ccc(-c3ncccc3Cl)cn2)cc1Cl. The maximum Gasteiger partial charge on any atom is 0.274 e. The van der Waals surface area contributed by atoms with Crippen molar-refractivity contribution in [3.8, 4) is 17.3 Å². The molecule has 122 valence electrons. The van der Waals surface area contributed by atoms with E-state index < -0.39 is 0 Å². The first kappa shape index (κ1) is 16.9. The van der Waals surface area contributed by atoms with Crippen LogP contribution in [0.1, 0.15) is 16.1 Å². The van der Waals surface area contributed by atoms with Crippen molar-refractivity contribution in [2.45, 2.75) is 0 Å². The zero-order valence-corrected chi connectivity index (χ0v) is 14.2. The van der Waals surface area contributed by atoms with E-state index in [-0.39, 0.29) is 16.6 Å². The number of nitriles is 1. The fourth-order valence-corrected chi connectivity index (χ4v) is 2.60. The van der Waals surface area contributed by atoms with Crippen LogP contribution in [0, 0.1) is 11.3 Å². The van der Waals surface area contributed by atoms with Crippen molar-refractivity contribution >= 4 is 34.8 Å². The average molecular weight is 369 g/mol. The molecule has 0 aliphatic rings. The molecule has 0 unspecified atom stereocenters. The van der Waals surface area contributed by atoms with E-state index in [9.17, 15) is 4.79 Å². The summed E-state index contributed by atoms with van der Waals surface area (Å²) < 4.78 is 0. The van der Waals surface area contributed by atoms with Crippen molar-refractivity contribution in [1.82, 2.24) is 9.97 Å². The zero-order valence-electron chi connectivity index (χ0n) is 12.7. The van der Waals surface area contributed by atoms with E-state index in [0.29, 0.717) is 27.5 Å². The molecule has 1 amide bonds. The van der Waals surface area contributed by atoms with Gasteiger partial charge in [-0.05, 0) is 42.5 Å². The Morgan fingerprint density at radius 3 is 2.56 bits per heavy atom. The van der Waals surface area contributed by atoms with Gasteiger partial charge in [0.25, 0.3) is 5.91 Å². The molecular weight excluding hydrogens is 359 g/mol. The van der Waals surface area contributed by atoms with E-state index in [1.54, 1.807) is 36.5 Å². The molecule has 5 nitrogen and oxygen atoms in total. The number of anilines is 1. The predicted molar refractivity (Wildman–Crippen MR) is 96.6 cm³/mol. The Bertz CT molecular complexity index is 981. The Morgan fingerprint density at radius 1 is 1.08 bits per heavy atom. The van der Waals surface area contributed by atoms with Crippen LogP contribution in [0.5, 0.6) is 0 Å². The highest BCUT2D eigenvalue weighted by atomic mass is 35.5. The third-order valence-corrected chi connectivity index (χ3v) is 3.99. The molecule has 1 N–H and O–H groups in total. The molecule has 25 heavy (non-hydrogen) atoms. The summed E-state index contributed by atoms with van der Waals surface area (Å²) in [5.41, 5.74) is 2.37. The van der Waals surface area contributed by atoms with Gasteiger partial charge in [-0.1, -0.05) is 23.2 Å². The largest absolute Gasteiger partial charge is 0.321 e. The molecule has 0 aliphatic carbocycles. The normalized spacial score (nSPS) is 10.1. The van der Waals surface area contributed by atoms with Gasteiger partial charge in [0.15, 0.2) is 0 Å². The van der Waals surface area contributed by atoms with Crippen LogP contribution < -0.4 is 5.32 Å². The molecule has 2 heterocycles. The number of hydrogen-bond donors (Lipinski definition) is 1. The molecule has 1 aromatic carbocycles. The first-order chi connectivity index (χ1) is 12.1. The molecule has 2 aromatic heterocycles. The molecule has 0 fully saturated rings. The van der Waals surface area contributed by atoms with Gasteiger partial charge in [-0.3, -0.25) is 14.8 Å². The lowest BCUT2D eigenvalue weighted by Crippen LogP contribution is -2.13. The summed E-state index contributed by atoms with van der Waals surface area (Å²) in [5.74, 6) is -0.389. The Morgan fingerprint density at radius 2 is 1.92 bits per heavy atom. The van der Waals surface area contributed by atoms with Crippen LogP contribution in [0.4, 0.5) is 5.69 Å². The topological polar surface area (TPSA) is 78.7 Å². The second-order valence-corrected chi connectivity index (χ2v) is 5.84. The van der Waals surface area contributed by atoms with E-state index in [1.165, 1.54) is 18.3 Å². The third-order valence-electron chi connectivity index (χ3n) is 3.38. The van der Waals surface area contributed by atoms with Crippen LogP contribution in [0.25, 0.3) is 11.3 Å². The first-order valence-electron chi connectivity index (χ1n) is 7.16. The highest BCUT2D eigenvalue weighted by molar-refractivity contribution is 6.33. The minimum Gasteiger partial charge on any atom is -0.321 e. The second-order valence-electron chi connectivity index (χ2n) is 5.03. The molecule has 0 saturated carbocycles. The summed E-state index contributed by atoms with van der Waals surface area (Å²) >= 11 is 12.1. The number of carbonyl (C=O) groups is 1. The van der Waals surface area contributed by atoms with E-state index in [4.69, 9.17) is 28.5 Å². The standard InChI is InChI=1S/C18H10Cl2N4O/c19-14-2-1-7-22-17(14)12-4-6-16(23-10-12)18(25)24-13-5-3-11(9-21)15(20)8-13/h1-8,10H,(H,24,25). The molecule has 0 spiro atoms. The fraction of sp³-hybridized carbons (Fsp3) is 0. The quantitative estimate of drug-likeness (QED) is 0.733. The number of nitrogens with zero attached hydrogens (tertiary/aromatic N) is 3. The highest BCUT2D eigenvalue weighted by Gasteiger charge is 2.11. The van der Waals surface area contributed by atoms with Crippen LogP contribution in [-0.2, 0) is 0 Å². The van der Waals surface area contributed by atoms with E-state index in [2.05, 4.69) is 15.3 Å². The van der Waals surface area contributed by atoms with Gasteiger partial charge < -0.3 is 5.32 Å². The zero-order chi connectivity index (χ0) is 17.8. The van der Waals surface area contributed by atoms with Crippen molar-refractivity contribution in [3.63, 3.8) is 0 Å². The van der Waals surface area contributed by atoms with Crippen LogP contribution >= 0.6 is 23.2 Å². The van der Waals surface area contributed by atoms with E-state index >= 15 is 0 Å². The second kappa shape index (κ2) is 7.31. The summed E-state index contributed by atoms with van der Waals surface area (Å²) in [6.07, 6.45) is 3.17. The minimum atomic E-state index is -0.389. The van der Waals surface area contributed by atoms with Gasteiger partial charge in [0, 0.05) is 23.6 Å². The molecule has 0 atom stereocenters. The smallest absolute Gasteiger partial charge is 0.274 e. The molecule has 0 aliphatic heterocycles. The number of carbonyl (C=O) groups excluding carboxylic acids is 1. The molecule has 0 bridgehead atoms. The van der Waals surface area contributed by atoms with Crippen molar-refractivity contribution in [2.24, 2.45) is 0 Å². The Hall–Kier alpha value is -2.94. The summed E-state index contributed by atoms with van der Waals surface area (Å²) in [7, 11) is 0.